The molecule has 1 aliphatic carbocycles. The maximum atomic E-state index is 5.91. The summed E-state index contributed by atoms with van der Waals surface area (Å²) in [6, 6.07) is 0.461. The average molecular weight is 254 g/mol. The smallest absolute Gasteiger partial charge is 0.0617 e. The van der Waals surface area contributed by atoms with E-state index >= 15 is 0 Å². The lowest BCUT2D eigenvalue weighted by Gasteiger charge is -2.40. The van der Waals surface area contributed by atoms with Crippen molar-refractivity contribution < 1.29 is 4.74 Å². The first-order valence-electron chi connectivity index (χ1n) is 7.89. The minimum absolute atomic E-state index is 0.422. The SMILES string of the molecule is CCC1CCCCC1C(NN)C1CCOC1CC. The molecule has 2 fully saturated rings. The Balaban J connectivity index is 2.06. The third kappa shape index (κ3) is 2.89. The topological polar surface area (TPSA) is 47.3 Å². The van der Waals surface area contributed by atoms with Crippen molar-refractivity contribution in [3.63, 3.8) is 0 Å². The highest BCUT2D eigenvalue weighted by Crippen LogP contribution is 2.39. The normalized spacial score (nSPS) is 38.8. The molecule has 3 nitrogen and oxygen atoms in total. The van der Waals surface area contributed by atoms with Crippen molar-refractivity contribution in [2.24, 2.45) is 23.6 Å². The number of nitrogens with one attached hydrogen (secondary N) is 1. The van der Waals surface area contributed by atoms with Crippen molar-refractivity contribution in [3.8, 4) is 0 Å². The minimum atomic E-state index is 0.422. The van der Waals surface area contributed by atoms with Crippen LogP contribution in [0.25, 0.3) is 0 Å². The first kappa shape index (κ1) is 14.3. The molecular formula is C15H30N2O. The number of ether oxygens (including phenoxy) is 1. The van der Waals surface area contributed by atoms with Crippen LogP contribution in [0.3, 0.4) is 0 Å². The maximum absolute atomic E-state index is 5.91. The molecule has 1 saturated heterocycles. The van der Waals surface area contributed by atoms with Gasteiger partial charge < -0.3 is 4.74 Å². The molecule has 1 heterocycles. The Morgan fingerprint density at radius 1 is 1.11 bits per heavy atom. The van der Waals surface area contributed by atoms with Crippen LogP contribution in [-0.2, 0) is 4.74 Å². The van der Waals surface area contributed by atoms with E-state index in [1.54, 1.807) is 0 Å². The number of hydrogen-bond acceptors (Lipinski definition) is 3. The van der Waals surface area contributed by atoms with E-state index in [-0.39, 0.29) is 0 Å². The zero-order valence-electron chi connectivity index (χ0n) is 12.0. The van der Waals surface area contributed by atoms with Crippen molar-refractivity contribution in [1.29, 1.82) is 0 Å². The fraction of sp³-hybridized carbons (Fsp3) is 1.00. The van der Waals surface area contributed by atoms with Gasteiger partial charge in [-0.05, 0) is 31.1 Å². The third-order valence-corrected chi connectivity index (χ3v) is 5.27. The predicted octanol–water partition coefficient (Wildman–Crippen LogP) is 2.85. The van der Waals surface area contributed by atoms with E-state index in [9.17, 15) is 0 Å². The Kier molecular flexibility index (Phi) is 5.46. The van der Waals surface area contributed by atoms with Crippen LogP contribution in [0.2, 0.25) is 0 Å². The van der Waals surface area contributed by atoms with Gasteiger partial charge in [0.1, 0.15) is 0 Å². The van der Waals surface area contributed by atoms with Crippen molar-refractivity contribution in [1.82, 2.24) is 5.43 Å². The quantitative estimate of drug-likeness (QED) is 0.586. The van der Waals surface area contributed by atoms with Gasteiger partial charge >= 0.3 is 0 Å². The van der Waals surface area contributed by atoms with E-state index in [1.165, 1.54) is 38.5 Å². The Bertz CT molecular complexity index is 247. The summed E-state index contributed by atoms with van der Waals surface area (Å²) in [5, 5.41) is 0. The van der Waals surface area contributed by atoms with E-state index in [0.717, 1.165) is 24.9 Å². The summed E-state index contributed by atoms with van der Waals surface area (Å²) in [5.41, 5.74) is 3.16. The third-order valence-electron chi connectivity index (χ3n) is 5.27. The second-order valence-electron chi connectivity index (χ2n) is 6.08. The van der Waals surface area contributed by atoms with E-state index in [1.807, 2.05) is 0 Å². The van der Waals surface area contributed by atoms with Crippen LogP contribution in [0.1, 0.15) is 58.8 Å². The van der Waals surface area contributed by atoms with E-state index in [4.69, 9.17) is 10.6 Å². The van der Waals surface area contributed by atoms with Crippen LogP contribution < -0.4 is 11.3 Å². The molecule has 5 unspecified atom stereocenters. The van der Waals surface area contributed by atoms with Crippen LogP contribution >= 0.6 is 0 Å². The maximum Gasteiger partial charge on any atom is 0.0617 e. The molecule has 5 atom stereocenters. The number of hydrazine groups is 1. The summed E-state index contributed by atoms with van der Waals surface area (Å²) >= 11 is 0. The van der Waals surface area contributed by atoms with Crippen LogP contribution in [0, 0.1) is 17.8 Å². The van der Waals surface area contributed by atoms with Gasteiger partial charge in [-0.1, -0.05) is 39.5 Å². The summed E-state index contributed by atoms with van der Waals surface area (Å²) < 4.78 is 5.86. The fourth-order valence-corrected chi connectivity index (χ4v) is 4.28. The monoisotopic (exact) mass is 254 g/mol. The lowest BCUT2D eigenvalue weighted by atomic mass is 9.69. The molecule has 0 aromatic rings. The number of hydrogen-bond donors (Lipinski definition) is 2. The molecule has 1 aliphatic heterocycles. The molecule has 0 bridgehead atoms. The van der Waals surface area contributed by atoms with Crippen molar-refractivity contribution in [3.05, 3.63) is 0 Å². The predicted molar refractivity (Wildman–Crippen MR) is 75.0 cm³/mol. The van der Waals surface area contributed by atoms with Crippen LogP contribution in [0.15, 0.2) is 0 Å². The fourth-order valence-electron chi connectivity index (χ4n) is 4.28. The molecule has 3 N–H and O–H groups in total. The highest BCUT2D eigenvalue weighted by molar-refractivity contribution is 4.92. The molecule has 0 radical (unpaired) electrons. The largest absolute Gasteiger partial charge is 0.378 e. The molecule has 0 aromatic heterocycles. The summed E-state index contributed by atoms with van der Waals surface area (Å²) in [5.74, 6) is 8.15. The second-order valence-corrected chi connectivity index (χ2v) is 6.08. The molecule has 0 aromatic carbocycles. The molecule has 2 rings (SSSR count). The van der Waals surface area contributed by atoms with Crippen LogP contribution in [-0.4, -0.2) is 18.8 Å². The highest BCUT2D eigenvalue weighted by Gasteiger charge is 2.40. The van der Waals surface area contributed by atoms with Crippen molar-refractivity contribution in [2.75, 3.05) is 6.61 Å². The summed E-state index contributed by atoms with van der Waals surface area (Å²) in [7, 11) is 0. The standard InChI is InChI=1S/C15H30N2O/c1-3-11-7-5-6-8-12(11)15(17-16)13-9-10-18-14(13)4-2/h11-15,17H,3-10,16H2,1-2H3. The average Bonchev–Trinajstić information content (AvgIpc) is 2.88. The molecule has 0 amide bonds. The number of nitrogens with two attached hydrogens (primary N) is 1. The van der Waals surface area contributed by atoms with E-state index < -0.39 is 0 Å². The Morgan fingerprint density at radius 3 is 2.56 bits per heavy atom. The van der Waals surface area contributed by atoms with Gasteiger partial charge in [-0.15, -0.1) is 0 Å². The summed E-state index contributed by atoms with van der Waals surface area (Å²) in [6.07, 6.45) is 9.55. The second kappa shape index (κ2) is 6.88. The molecule has 1 saturated carbocycles. The molecule has 0 spiro atoms. The Labute approximate surface area is 112 Å². The van der Waals surface area contributed by atoms with Gasteiger partial charge in [0.2, 0.25) is 0 Å². The van der Waals surface area contributed by atoms with Gasteiger partial charge in [-0.2, -0.15) is 0 Å². The van der Waals surface area contributed by atoms with Gasteiger partial charge in [0.05, 0.1) is 6.10 Å². The Hall–Kier alpha value is -0.120. The summed E-state index contributed by atoms with van der Waals surface area (Å²) in [6.45, 7) is 5.48. The van der Waals surface area contributed by atoms with Gasteiger partial charge in [0.25, 0.3) is 0 Å². The van der Waals surface area contributed by atoms with Gasteiger partial charge in [0, 0.05) is 18.6 Å². The minimum Gasteiger partial charge on any atom is -0.378 e. The van der Waals surface area contributed by atoms with Gasteiger partial charge in [-0.3, -0.25) is 11.3 Å². The molecule has 2 aliphatic rings. The molecular weight excluding hydrogens is 224 g/mol. The van der Waals surface area contributed by atoms with Gasteiger partial charge in [-0.25, -0.2) is 0 Å². The first-order valence-corrected chi connectivity index (χ1v) is 7.89. The summed E-state index contributed by atoms with van der Waals surface area (Å²) in [4.78, 5) is 0. The van der Waals surface area contributed by atoms with E-state index in [2.05, 4.69) is 19.3 Å². The molecule has 106 valence electrons. The van der Waals surface area contributed by atoms with Crippen molar-refractivity contribution in [2.45, 2.75) is 70.9 Å². The highest BCUT2D eigenvalue weighted by atomic mass is 16.5. The van der Waals surface area contributed by atoms with E-state index in [0.29, 0.717) is 18.1 Å². The van der Waals surface area contributed by atoms with Gasteiger partial charge in [0.15, 0.2) is 0 Å². The lowest BCUT2D eigenvalue weighted by Crippen LogP contribution is -2.51. The van der Waals surface area contributed by atoms with Crippen LogP contribution in [0.5, 0.6) is 0 Å². The zero-order valence-corrected chi connectivity index (χ0v) is 12.0. The lowest BCUT2D eigenvalue weighted by molar-refractivity contribution is 0.0540. The Morgan fingerprint density at radius 2 is 1.89 bits per heavy atom. The van der Waals surface area contributed by atoms with Crippen molar-refractivity contribution >= 4 is 0 Å². The molecule has 18 heavy (non-hydrogen) atoms. The first-order chi connectivity index (χ1) is 8.81. The molecule has 3 heteroatoms. The number of rotatable bonds is 5. The zero-order chi connectivity index (χ0) is 13.0. The van der Waals surface area contributed by atoms with Crippen LogP contribution in [0.4, 0.5) is 0 Å².